The van der Waals surface area contributed by atoms with Crippen LogP contribution in [0.4, 0.5) is 0 Å². The number of hydrogen-bond acceptors (Lipinski definition) is 3. The highest BCUT2D eigenvalue weighted by molar-refractivity contribution is 6.26. The maximum Gasteiger partial charge on any atom is 0.330 e. The van der Waals surface area contributed by atoms with Gasteiger partial charge in [0.2, 0.25) is 0 Å². The van der Waals surface area contributed by atoms with Crippen LogP contribution in [0.5, 0.6) is 0 Å². The summed E-state index contributed by atoms with van der Waals surface area (Å²) in [4.78, 5) is 20.8. The number of hydrogen-bond donors (Lipinski definition) is 1. The zero-order valence-corrected chi connectivity index (χ0v) is 8.00. The first-order valence-electron chi connectivity index (χ1n) is 3.69. The first-order valence-corrected chi connectivity index (χ1v) is 4.23. The molecular formula is C8H11ClO4. The lowest BCUT2D eigenvalue weighted by molar-refractivity contribution is -0.140. The normalized spacial score (nSPS) is 11.1. The molecule has 0 radical (unpaired) electrons. The summed E-state index contributed by atoms with van der Waals surface area (Å²) in [6.45, 7) is 1.64. The summed E-state index contributed by atoms with van der Waals surface area (Å²) in [7, 11) is 0. The van der Waals surface area contributed by atoms with Crippen LogP contribution in [0.2, 0.25) is 0 Å². The topological polar surface area (TPSA) is 63.6 Å². The van der Waals surface area contributed by atoms with Gasteiger partial charge in [0.05, 0.1) is 6.61 Å². The van der Waals surface area contributed by atoms with Crippen LogP contribution in [0.15, 0.2) is 11.6 Å². The van der Waals surface area contributed by atoms with Gasteiger partial charge in [-0.05, 0) is 6.92 Å². The molecule has 0 saturated heterocycles. The molecule has 0 fully saturated rings. The number of alkyl halides is 1. The fraction of sp³-hybridized carbons (Fsp3) is 0.500. The van der Waals surface area contributed by atoms with Crippen molar-refractivity contribution in [2.24, 2.45) is 0 Å². The first-order chi connectivity index (χ1) is 6.07. The fourth-order valence-electron chi connectivity index (χ4n) is 0.574. The van der Waals surface area contributed by atoms with Crippen LogP contribution in [0.3, 0.4) is 0 Å². The van der Waals surface area contributed by atoms with Gasteiger partial charge in [0, 0.05) is 12.0 Å². The summed E-state index contributed by atoms with van der Waals surface area (Å²) in [6.07, 6.45) is 1.88. The minimum absolute atomic E-state index is 0.163. The second kappa shape index (κ2) is 6.48. The molecule has 74 valence electrons. The molecular weight excluding hydrogens is 196 g/mol. The van der Waals surface area contributed by atoms with Gasteiger partial charge in [-0.1, -0.05) is 6.08 Å². The Labute approximate surface area is 81.1 Å². The molecule has 0 saturated carbocycles. The minimum Gasteiger partial charge on any atom is -0.478 e. The van der Waals surface area contributed by atoms with Gasteiger partial charge in [-0.3, -0.25) is 4.79 Å². The Hall–Kier alpha value is -1.03. The number of carbonyl (C=O) groups is 2. The lowest BCUT2D eigenvalue weighted by Gasteiger charge is -1.99. The molecule has 0 amide bonds. The van der Waals surface area contributed by atoms with Crippen LogP contribution in [0.1, 0.15) is 13.3 Å². The van der Waals surface area contributed by atoms with Crippen molar-refractivity contribution in [2.75, 3.05) is 12.5 Å². The van der Waals surface area contributed by atoms with E-state index in [4.69, 9.17) is 16.7 Å². The number of carboxylic acid groups (broad SMARTS) is 1. The average Bonchev–Trinajstić information content (AvgIpc) is 2.11. The van der Waals surface area contributed by atoms with Gasteiger partial charge in [0.15, 0.2) is 0 Å². The molecule has 13 heavy (non-hydrogen) atoms. The van der Waals surface area contributed by atoms with Gasteiger partial charge in [-0.25, -0.2) is 4.79 Å². The van der Waals surface area contributed by atoms with Crippen LogP contribution in [0, 0.1) is 0 Å². The monoisotopic (exact) mass is 206 g/mol. The van der Waals surface area contributed by atoms with Crippen LogP contribution in [0.25, 0.3) is 0 Å². The Morgan fingerprint density at radius 1 is 1.54 bits per heavy atom. The van der Waals surface area contributed by atoms with E-state index in [1.807, 2.05) is 0 Å². The maximum absolute atomic E-state index is 10.5. The number of carbonyl (C=O) groups excluding carboxylic acids is 1. The molecule has 0 aromatic rings. The molecule has 0 rings (SSSR count). The van der Waals surface area contributed by atoms with Crippen molar-refractivity contribution < 1.29 is 19.4 Å². The third-order valence-corrected chi connectivity index (χ3v) is 1.50. The lowest BCUT2D eigenvalue weighted by Crippen LogP contribution is -2.06. The molecule has 0 aliphatic rings. The standard InChI is InChI=1S/C8H11ClO4/c1-6(8(11)12)3-2-4-13-7(10)5-9/h3H,2,4-5H2,1H3,(H,11,12). The SMILES string of the molecule is CC(=CCCOC(=O)CCl)C(=O)O. The number of esters is 1. The Bertz CT molecular complexity index is 222. The van der Waals surface area contributed by atoms with E-state index in [1.165, 1.54) is 13.0 Å². The molecule has 0 aliphatic heterocycles. The minimum atomic E-state index is -0.969. The Morgan fingerprint density at radius 3 is 2.62 bits per heavy atom. The molecule has 0 aromatic carbocycles. The maximum atomic E-state index is 10.5. The van der Waals surface area contributed by atoms with E-state index in [0.29, 0.717) is 6.42 Å². The van der Waals surface area contributed by atoms with E-state index in [0.717, 1.165) is 0 Å². The summed E-state index contributed by atoms with van der Waals surface area (Å²) >= 11 is 5.16. The lowest BCUT2D eigenvalue weighted by atomic mass is 10.2. The van der Waals surface area contributed by atoms with Gasteiger partial charge < -0.3 is 9.84 Å². The number of halogens is 1. The van der Waals surface area contributed by atoms with Crippen molar-refractivity contribution in [3.63, 3.8) is 0 Å². The molecule has 0 unspecified atom stereocenters. The highest BCUT2D eigenvalue weighted by Crippen LogP contribution is 1.96. The van der Waals surface area contributed by atoms with Gasteiger partial charge in [0.25, 0.3) is 0 Å². The number of carboxylic acids is 1. The van der Waals surface area contributed by atoms with Gasteiger partial charge in [0.1, 0.15) is 5.88 Å². The van der Waals surface area contributed by atoms with Crippen LogP contribution >= 0.6 is 11.6 Å². The molecule has 0 bridgehead atoms. The van der Waals surface area contributed by atoms with Crippen molar-refractivity contribution in [3.05, 3.63) is 11.6 Å². The number of rotatable bonds is 5. The van der Waals surface area contributed by atoms with Crippen molar-refractivity contribution in [1.29, 1.82) is 0 Å². The summed E-state index contributed by atoms with van der Waals surface area (Å²) in [5.41, 5.74) is 0.238. The number of ether oxygens (including phenoxy) is 1. The van der Waals surface area contributed by atoms with Crippen LogP contribution in [-0.4, -0.2) is 29.5 Å². The quantitative estimate of drug-likeness (QED) is 0.318. The Morgan fingerprint density at radius 2 is 2.15 bits per heavy atom. The van der Waals surface area contributed by atoms with Crippen molar-refractivity contribution in [2.45, 2.75) is 13.3 Å². The van der Waals surface area contributed by atoms with E-state index in [-0.39, 0.29) is 18.1 Å². The first kappa shape index (κ1) is 12.0. The molecule has 1 N–H and O–H groups in total. The summed E-state index contributed by atoms with van der Waals surface area (Å²) in [6, 6.07) is 0. The third kappa shape index (κ3) is 6.16. The van der Waals surface area contributed by atoms with Gasteiger partial charge >= 0.3 is 11.9 Å². The van der Waals surface area contributed by atoms with Crippen molar-refractivity contribution in [3.8, 4) is 0 Å². The zero-order chi connectivity index (χ0) is 10.3. The molecule has 0 aromatic heterocycles. The molecule has 0 spiro atoms. The van der Waals surface area contributed by atoms with Crippen LogP contribution in [-0.2, 0) is 14.3 Å². The van der Waals surface area contributed by atoms with E-state index in [1.54, 1.807) is 0 Å². The van der Waals surface area contributed by atoms with Gasteiger partial charge in [-0.15, -0.1) is 11.6 Å². The Balaban J connectivity index is 3.61. The highest BCUT2D eigenvalue weighted by atomic mass is 35.5. The van der Waals surface area contributed by atoms with Gasteiger partial charge in [-0.2, -0.15) is 0 Å². The molecule has 0 aliphatic carbocycles. The molecule has 0 heterocycles. The smallest absolute Gasteiger partial charge is 0.330 e. The fourth-order valence-corrected chi connectivity index (χ4v) is 0.651. The average molecular weight is 207 g/mol. The van der Waals surface area contributed by atoms with E-state index >= 15 is 0 Å². The van der Waals surface area contributed by atoms with E-state index < -0.39 is 11.9 Å². The van der Waals surface area contributed by atoms with E-state index in [2.05, 4.69) is 4.74 Å². The predicted molar refractivity (Wildman–Crippen MR) is 47.7 cm³/mol. The second-order valence-electron chi connectivity index (χ2n) is 2.34. The Kier molecular flexibility index (Phi) is 5.97. The summed E-state index contributed by atoms with van der Waals surface area (Å²) in [5, 5.41) is 8.44. The van der Waals surface area contributed by atoms with Crippen molar-refractivity contribution in [1.82, 2.24) is 0 Å². The van der Waals surface area contributed by atoms with Crippen LogP contribution < -0.4 is 0 Å². The molecule has 4 nitrogen and oxygen atoms in total. The largest absolute Gasteiger partial charge is 0.478 e. The zero-order valence-electron chi connectivity index (χ0n) is 7.25. The highest BCUT2D eigenvalue weighted by Gasteiger charge is 2.00. The summed E-state index contributed by atoms with van der Waals surface area (Å²) < 4.78 is 4.61. The number of aliphatic carboxylic acids is 1. The predicted octanol–water partition coefficient (Wildman–Crippen LogP) is 1.19. The summed E-state index contributed by atoms with van der Waals surface area (Å²) in [5.74, 6) is -1.64. The van der Waals surface area contributed by atoms with E-state index in [9.17, 15) is 9.59 Å². The molecule has 5 heteroatoms. The molecule has 0 atom stereocenters. The third-order valence-electron chi connectivity index (χ3n) is 1.28. The second-order valence-corrected chi connectivity index (χ2v) is 2.60. The van der Waals surface area contributed by atoms with Crippen molar-refractivity contribution >= 4 is 23.5 Å².